The van der Waals surface area contributed by atoms with Gasteiger partial charge in [0.1, 0.15) is 0 Å². The highest BCUT2D eigenvalue weighted by Crippen LogP contribution is 2.26. The molecule has 0 bridgehead atoms. The minimum Gasteiger partial charge on any atom is -0.365 e. The molecule has 0 saturated carbocycles. The maximum Gasteiger partial charge on any atom is 0.0896 e. The average molecular weight is 310 g/mol. The average Bonchev–Trinajstić information content (AvgIpc) is 3.11. The summed E-state index contributed by atoms with van der Waals surface area (Å²) in [6.07, 6.45) is 7.95. The summed E-state index contributed by atoms with van der Waals surface area (Å²) in [4.78, 5) is 2.43. The monoisotopic (exact) mass is 310 g/mol. The molecule has 2 atom stereocenters. The first-order chi connectivity index (χ1) is 11.1. The summed E-state index contributed by atoms with van der Waals surface area (Å²) in [5, 5.41) is 12.4. The lowest BCUT2D eigenvalue weighted by Crippen LogP contribution is -2.54. The standard InChI is InChI=1S/C17H22N6/c1-12-8-22(9-13(2)20-12)17-7-19-23-11-14(4-5-16(17)23)15-6-18-21(3)10-15/h4-7,10-13,20H,8-9H2,1-3H3. The molecule has 0 spiro atoms. The van der Waals surface area contributed by atoms with Crippen molar-refractivity contribution in [3.63, 3.8) is 0 Å². The predicted octanol–water partition coefficient (Wildman–Crippen LogP) is 1.92. The second-order valence-corrected chi connectivity index (χ2v) is 6.55. The van der Waals surface area contributed by atoms with E-state index in [-0.39, 0.29) is 0 Å². The third-order valence-electron chi connectivity index (χ3n) is 4.43. The van der Waals surface area contributed by atoms with Crippen LogP contribution in [0.15, 0.2) is 36.9 Å². The molecule has 1 N–H and O–H groups in total. The number of anilines is 1. The van der Waals surface area contributed by atoms with E-state index in [1.807, 2.05) is 34.8 Å². The highest BCUT2D eigenvalue weighted by atomic mass is 15.3. The molecule has 4 heterocycles. The van der Waals surface area contributed by atoms with E-state index in [2.05, 4.69) is 52.6 Å². The number of aromatic nitrogens is 4. The van der Waals surface area contributed by atoms with Gasteiger partial charge >= 0.3 is 0 Å². The van der Waals surface area contributed by atoms with Gasteiger partial charge in [-0.1, -0.05) is 6.07 Å². The molecule has 1 aliphatic heterocycles. The Bertz CT molecular complexity index is 823. The van der Waals surface area contributed by atoms with Gasteiger partial charge in [-0.15, -0.1) is 0 Å². The van der Waals surface area contributed by atoms with Crippen LogP contribution >= 0.6 is 0 Å². The molecule has 0 amide bonds. The normalized spacial score (nSPS) is 22.0. The third kappa shape index (κ3) is 2.59. The second kappa shape index (κ2) is 5.38. The SMILES string of the molecule is CC1CN(c2cnn3cc(-c4cnn(C)c4)ccc23)CC(C)N1. The van der Waals surface area contributed by atoms with Gasteiger partial charge in [-0.25, -0.2) is 4.52 Å². The van der Waals surface area contributed by atoms with Crippen LogP contribution in [0, 0.1) is 0 Å². The van der Waals surface area contributed by atoms with Crippen molar-refractivity contribution in [3.8, 4) is 11.1 Å². The Hall–Kier alpha value is -2.34. The van der Waals surface area contributed by atoms with E-state index in [9.17, 15) is 0 Å². The van der Waals surface area contributed by atoms with Crippen molar-refractivity contribution >= 4 is 11.2 Å². The van der Waals surface area contributed by atoms with Crippen molar-refractivity contribution in [2.45, 2.75) is 25.9 Å². The highest BCUT2D eigenvalue weighted by Gasteiger charge is 2.23. The van der Waals surface area contributed by atoms with Crippen LogP contribution in [0.1, 0.15) is 13.8 Å². The zero-order valence-corrected chi connectivity index (χ0v) is 13.8. The Morgan fingerprint density at radius 3 is 2.48 bits per heavy atom. The van der Waals surface area contributed by atoms with Crippen LogP contribution in [0.2, 0.25) is 0 Å². The predicted molar refractivity (Wildman–Crippen MR) is 91.7 cm³/mol. The van der Waals surface area contributed by atoms with Crippen molar-refractivity contribution in [2.75, 3.05) is 18.0 Å². The molecule has 6 heteroatoms. The van der Waals surface area contributed by atoms with Crippen molar-refractivity contribution in [3.05, 3.63) is 36.9 Å². The molecule has 23 heavy (non-hydrogen) atoms. The number of piperazine rings is 1. The van der Waals surface area contributed by atoms with Crippen LogP contribution in [-0.2, 0) is 7.05 Å². The lowest BCUT2D eigenvalue weighted by Gasteiger charge is -2.37. The number of nitrogens with zero attached hydrogens (tertiary/aromatic N) is 5. The quantitative estimate of drug-likeness (QED) is 0.786. The van der Waals surface area contributed by atoms with Crippen LogP contribution in [0.4, 0.5) is 5.69 Å². The Morgan fingerprint density at radius 1 is 1.00 bits per heavy atom. The molecule has 0 aromatic carbocycles. The molecular formula is C17H22N6. The molecule has 4 rings (SSSR count). The fourth-order valence-corrected chi connectivity index (χ4v) is 3.48. The highest BCUT2D eigenvalue weighted by molar-refractivity contribution is 5.75. The van der Waals surface area contributed by atoms with Gasteiger partial charge < -0.3 is 10.2 Å². The summed E-state index contributed by atoms with van der Waals surface area (Å²) in [6, 6.07) is 5.28. The summed E-state index contributed by atoms with van der Waals surface area (Å²) < 4.78 is 3.78. The van der Waals surface area contributed by atoms with Crippen LogP contribution in [0.3, 0.4) is 0 Å². The van der Waals surface area contributed by atoms with Crippen molar-refractivity contribution in [1.82, 2.24) is 24.7 Å². The van der Waals surface area contributed by atoms with E-state index >= 15 is 0 Å². The summed E-state index contributed by atoms with van der Waals surface area (Å²) in [5.74, 6) is 0. The zero-order chi connectivity index (χ0) is 16.0. The molecule has 0 aliphatic carbocycles. The van der Waals surface area contributed by atoms with Gasteiger partial charge in [0.05, 0.1) is 23.6 Å². The van der Waals surface area contributed by atoms with Crippen LogP contribution in [0.25, 0.3) is 16.6 Å². The van der Waals surface area contributed by atoms with Crippen molar-refractivity contribution < 1.29 is 0 Å². The van der Waals surface area contributed by atoms with Gasteiger partial charge in [0.15, 0.2) is 0 Å². The zero-order valence-electron chi connectivity index (χ0n) is 13.8. The minimum atomic E-state index is 0.489. The Balaban J connectivity index is 1.70. The Morgan fingerprint density at radius 2 is 1.78 bits per heavy atom. The second-order valence-electron chi connectivity index (χ2n) is 6.55. The molecule has 6 nitrogen and oxygen atoms in total. The maximum atomic E-state index is 4.56. The molecule has 3 aromatic heterocycles. The lowest BCUT2D eigenvalue weighted by molar-refractivity contribution is 0.407. The van der Waals surface area contributed by atoms with Crippen molar-refractivity contribution in [2.24, 2.45) is 7.05 Å². The number of rotatable bonds is 2. The smallest absolute Gasteiger partial charge is 0.0896 e. The molecule has 1 fully saturated rings. The topological polar surface area (TPSA) is 50.4 Å². The fraction of sp³-hybridized carbons (Fsp3) is 0.412. The number of hydrogen-bond donors (Lipinski definition) is 1. The molecule has 0 radical (unpaired) electrons. The van der Waals surface area contributed by atoms with Crippen molar-refractivity contribution in [1.29, 1.82) is 0 Å². The van der Waals surface area contributed by atoms with Crippen LogP contribution < -0.4 is 10.2 Å². The summed E-state index contributed by atoms with van der Waals surface area (Å²) in [5.41, 5.74) is 4.60. The van der Waals surface area contributed by atoms with Crippen LogP contribution in [0.5, 0.6) is 0 Å². The third-order valence-corrected chi connectivity index (χ3v) is 4.43. The van der Waals surface area contributed by atoms with Gasteiger partial charge in [0.25, 0.3) is 0 Å². The minimum absolute atomic E-state index is 0.489. The molecular weight excluding hydrogens is 288 g/mol. The molecule has 3 aromatic rings. The van der Waals surface area contributed by atoms with E-state index in [0.717, 1.165) is 29.7 Å². The van der Waals surface area contributed by atoms with Gasteiger partial charge in [0.2, 0.25) is 0 Å². The number of fused-ring (bicyclic) bond motifs is 1. The summed E-state index contributed by atoms with van der Waals surface area (Å²) in [7, 11) is 1.93. The number of aryl methyl sites for hydroxylation is 1. The van der Waals surface area contributed by atoms with Gasteiger partial charge in [-0.05, 0) is 19.9 Å². The first-order valence-corrected chi connectivity index (χ1v) is 8.07. The maximum absolute atomic E-state index is 4.56. The van der Waals surface area contributed by atoms with E-state index in [4.69, 9.17) is 0 Å². The number of pyridine rings is 1. The first kappa shape index (κ1) is 14.3. The number of hydrogen-bond acceptors (Lipinski definition) is 4. The molecule has 1 aliphatic rings. The van der Waals surface area contributed by atoms with E-state index in [1.165, 1.54) is 5.69 Å². The molecule has 1 saturated heterocycles. The lowest BCUT2D eigenvalue weighted by atomic mass is 10.1. The van der Waals surface area contributed by atoms with Gasteiger partial charge in [-0.3, -0.25) is 4.68 Å². The van der Waals surface area contributed by atoms with E-state index in [1.54, 1.807) is 0 Å². The largest absolute Gasteiger partial charge is 0.365 e. The van der Waals surface area contributed by atoms with Gasteiger partial charge in [0, 0.05) is 55.7 Å². The molecule has 2 unspecified atom stereocenters. The Labute approximate surface area is 135 Å². The Kier molecular flexibility index (Phi) is 3.34. The first-order valence-electron chi connectivity index (χ1n) is 8.07. The van der Waals surface area contributed by atoms with Crippen LogP contribution in [-0.4, -0.2) is 44.6 Å². The fourth-order valence-electron chi connectivity index (χ4n) is 3.48. The van der Waals surface area contributed by atoms with Gasteiger partial charge in [-0.2, -0.15) is 10.2 Å². The summed E-state index contributed by atoms with van der Waals surface area (Å²) in [6.45, 7) is 6.48. The summed E-state index contributed by atoms with van der Waals surface area (Å²) >= 11 is 0. The molecule has 120 valence electrons. The number of nitrogens with one attached hydrogen (secondary N) is 1. The van der Waals surface area contributed by atoms with E-state index in [0.29, 0.717) is 12.1 Å². The van der Waals surface area contributed by atoms with E-state index < -0.39 is 0 Å².